The maximum atomic E-state index is 9.91. The largest absolute Gasteiger partial charge is 0.506 e. The molecule has 0 amide bonds. The molecule has 0 atom stereocenters. The van der Waals surface area contributed by atoms with Crippen LogP contribution in [0, 0.1) is 0 Å². The molecule has 1 N–H and O–H groups in total. The van der Waals surface area contributed by atoms with Crippen molar-refractivity contribution in [2.24, 2.45) is 7.05 Å². The summed E-state index contributed by atoms with van der Waals surface area (Å²) >= 11 is 5.92. The van der Waals surface area contributed by atoms with Crippen molar-refractivity contribution >= 4 is 22.5 Å². The van der Waals surface area contributed by atoms with Crippen molar-refractivity contribution < 1.29 is 9.84 Å². The fraction of sp³-hybridized carbons (Fsp3) is 0.125. The zero-order valence-electron chi connectivity index (χ0n) is 11.0. The molecule has 0 saturated heterocycles. The van der Waals surface area contributed by atoms with Crippen LogP contribution in [0.3, 0.4) is 0 Å². The number of hydrogen-bond donors (Lipinski definition) is 1. The summed E-state index contributed by atoms with van der Waals surface area (Å²) in [5, 5.41) is 11.6. The van der Waals surface area contributed by atoms with E-state index in [1.54, 1.807) is 12.1 Å². The molecular weight excluding hydrogens is 274 g/mol. The summed E-state index contributed by atoms with van der Waals surface area (Å²) in [5.41, 5.74) is 1.80. The lowest BCUT2D eigenvalue weighted by Gasteiger charge is -2.08. The van der Waals surface area contributed by atoms with Crippen molar-refractivity contribution in [2.45, 2.75) is 6.61 Å². The van der Waals surface area contributed by atoms with E-state index < -0.39 is 0 Å². The molecule has 0 spiro atoms. The minimum Gasteiger partial charge on any atom is -0.506 e. The predicted molar refractivity (Wildman–Crippen MR) is 80.4 cm³/mol. The van der Waals surface area contributed by atoms with Crippen molar-refractivity contribution in [1.29, 1.82) is 0 Å². The van der Waals surface area contributed by atoms with Gasteiger partial charge >= 0.3 is 0 Å². The minimum atomic E-state index is 0.277. The van der Waals surface area contributed by atoms with E-state index in [0.717, 1.165) is 22.3 Å². The molecule has 20 heavy (non-hydrogen) atoms. The highest BCUT2D eigenvalue weighted by molar-refractivity contribution is 6.30. The number of para-hydroxylation sites is 1. The van der Waals surface area contributed by atoms with Gasteiger partial charge in [0.1, 0.15) is 18.1 Å². The first-order valence-electron chi connectivity index (χ1n) is 6.30. The maximum Gasteiger partial charge on any atom is 0.139 e. The van der Waals surface area contributed by atoms with Crippen LogP contribution in [0.1, 0.15) is 5.69 Å². The summed E-state index contributed by atoms with van der Waals surface area (Å²) in [4.78, 5) is 0. The second-order valence-electron chi connectivity index (χ2n) is 4.66. The third-order valence-electron chi connectivity index (χ3n) is 3.32. The average Bonchev–Trinajstić information content (AvgIpc) is 2.75. The average molecular weight is 288 g/mol. The van der Waals surface area contributed by atoms with Gasteiger partial charge in [-0.1, -0.05) is 29.8 Å². The zero-order valence-corrected chi connectivity index (χ0v) is 11.8. The van der Waals surface area contributed by atoms with Crippen LogP contribution in [0.25, 0.3) is 10.9 Å². The van der Waals surface area contributed by atoms with Crippen LogP contribution in [-0.2, 0) is 13.7 Å². The standard InChI is InChI=1S/C16H14ClNO2/c1-18-13(8-11-4-2-7-15(19)16(11)18)10-20-14-6-3-5-12(17)9-14/h2-9,19H,10H2,1H3. The molecule has 0 fully saturated rings. The van der Waals surface area contributed by atoms with E-state index >= 15 is 0 Å². The van der Waals surface area contributed by atoms with E-state index in [2.05, 4.69) is 0 Å². The lowest BCUT2D eigenvalue weighted by Crippen LogP contribution is -2.01. The normalized spacial score (nSPS) is 10.9. The number of benzene rings is 2. The number of rotatable bonds is 3. The van der Waals surface area contributed by atoms with Gasteiger partial charge in [0.05, 0.1) is 11.2 Å². The Morgan fingerprint density at radius 1 is 1.15 bits per heavy atom. The van der Waals surface area contributed by atoms with Crippen molar-refractivity contribution in [3.63, 3.8) is 0 Å². The molecule has 3 rings (SSSR count). The molecule has 102 valence electrons. The lowest BCUT2D eigenvalue weighted by atomic mass is 10.2. The number of ether oxygens (including phenoxy) is 1. The van der Waals surface area contributed by atoms with Gasteiger partial charge in [-0.05, 0) is 30.3 Å². The number of nitrogens with zero attached hydrogens (tertiary/aromatic N) is 1. The molecule has 0 aliphatic rings. The number of aryl methyl sites for hydroxylation is 1. The number of halogens is 1. The summed E-state index contributed by atoms with van der Waals surface area (Å²) in [7, 11) is 1.92. The summed E-state index contributed by atoms with van der Waals surface area (Å²) < 4.78 is 7.68. The molecule has 0 saturated carbocycles. The first-order chi connectivity index (χ1) is 9.65. The summed E-state index contributed by atoms with van der Waals surface area (Å²) in [6.07, 6.45) is 0. The van der Waals surface area contributed by atoms with Gasteiger partial charge < -0.3 is 14.4 Å². The Morgan fingerprint density at radius 2 is 1.95 bits per heavy atom. The van der Waals surface area contributed by atoms with E-state index in [0.29, 0.717) is 11.6 Å². The van der Waals surface area contributed by atoms with Crippen molar-refractivity contribution in [2.75, 3.05) is 0 Å². The van der Waals surface area contributed by atoms with Crippen LogP contribution in [0.2, 0.25) is 5.02 Å². The second kappa shape index (κ2) is 5.10. The molecule has 0 aliphatic carbocycles. The molecule has 3 aromatic rings. The summed E-state index contributed by atoms with van der Waals surface area (Å²) in [6, 6.07) is 14.8. The number of aromatic nitrogens is 1. The molecule has 2 aromatic carbocycles. The number of hydrogen-bond acceptors (Lipinski definition) is 2. The van der Waals surface area contributed by atoms with Crippen molar-refractivity contribution in [1.82, 2.24) is 4.57 Å². The minimum absolute atomic E-state index is 0.277. The third kappa shape index (κ3) is 2.32. The zero-order chi connectivity index (χ0) is 14.1. The van der Waals surface area contributed by atoms with Crippen molar-refractivity contribution in [3.05, 3.63) is 59.2 Å². The Bertz CT molecular complexity index is 764. The Morgan fingerprint density at radius 3 is 2.70 bits per heavy atom. The van der Waals surface area contributed by atoms with Crippen LogP contribution >= 0.6 is 11.6 Å². The molecular formula is C16H14ClNO2. The first-order valence-corrected chi connectivity index (χ1v) is 6.67. The van der Waals surface area contributed by atoms with Gasteiger partial charge in [-0.15, -0.1) is 0 Å². The monoisotopic (exact) mass is 287 g/mol. The van der Waals surface area contributed by atoms with Crippen LogP contribution < -0.4 is 4.74 Å². The van der Waals surface area contributed by atoms with Crippen LogP contribution in [0.5, 0.6) is 11.5 Å². The van der Waals surface area contributed by atoms with E-state index in [1.807, 2.05) is 48.0 Å². The molecule has 4 heteroatoms. The molecule has 1 aromatic heterocycles. The van der Waals surface area contributed by atoms with Gasteiger partial charge in [0, 0.05) is 17.5 Å². The lowest BCUT2D eigenvalue weighted by molar-refractivity contribution is 0.297. The van der Waals surface area contributed by atoms with E-state index in [4.69, 9.17) is 16.3 Å². The first kappa shape index (κ1) is 12.9. The molecule has 0 bridgehead atoms. The van der Waals surface area contributed by atoms with Crippen LogP contribution in [-0.4, -0.2) is 9.67 Å². The second-order valence-corrected chi connectivity index (χ2v) is 5.09. The van der Waals surface area contributed by atoms with Crippen LogP contribution in [0.4, 0.5) is 0 Å². The Kier molecular flexibility index (Phi) is 3.28. The molecule has 0 aliphatic heterocycles. The quantitative estimate of drug-likeness (QED) is 0.786. The summed E-state index contributed by atoms with van der Waals surface area (Å²) in [5.74, 6) is 1.01. The fourth-order valence-corrected chi connectivity index (χ4v) is 2.48. The molecule has 1 heterocycles. The highest BCUT2D eigenvalue weighted by Crippen LogP contribution is 2.27. The van der Waals surface area contributed by atoms with Gasteiger partial charge in [0.15, 0.2) is 0 Å². The predicted octanol–water partition coefficient (Wildman–Crippen LogP) is 4.12. The van der Waals surface area contributed by atoms with Gasteiger partial charge in [-0.2, -0.15) is 0 Å². The molecule has 0 unspecified atom stereocenters. The topological polar surface area (TPSA) is 34.4 Å². The van der Waals surface area contributed by atoms with Gasteiger partial charge in [0.25, 0.3) is 0 Å². The van der Waals surface area contributed by atoms with E-state index in [1.165, 1.54) is 0 Å². The van der Waals surface area contributed by atoms with E-state index in [-0.39, 0.29) is 5.75 Å². The molecule has 3 nitrogen and oxygen atoms in total. The number of phenols is 1. The van der Waals surface area contributed by atoms with Gasteiger partial charge in [-0.25, -0.2) is 0 Å². The van der Waals surface area contributed by atoms with Crippen LogP contribution in [0.15, 0.2) is 48.5 Å². The SMILES string of the molecule is Cn1c(COc2cccc(Cl)c2)cc2cccc(O)c21. The Labute approximate surface area is 122 Å². The van der Waals surface area contributed by atoms with Gasteiger partial charge in [-0.3, -0.25) is 0 Å². The molecule has 0 radical (unpaired) electrons. The van der Waals surface area contributed by atoms with Crippen molar-refractivity contribution in [3.8, 4) is 11.5 Å². The Hall–Kier alpha value is -2.13. The number of aromatic hydroxyl groups is 1. The van der Waals surface area contributed by atoms with Gasteiger partial charge in [0.2, 0.25) is 0 Å². The smallest absolute Gasteiger partial charge is 0.139 e. The van der Waals surface area contributed by atoms with E-state index in [9.17, 15) is 5.11 Å². The summed E-state index contributed by atoms with van der Waals surface area (Å²) in [6.45, 7) is 0.422. The third-order valence-corrected chi connectivity index (χ3v) is 3.55. The maximum absolute atomic E-state index is 9.91. The number of fused-ring (bicyclic) bond motifs is 1. The highest BCUT2D eigenvalue weighted by atomic mass is 35.5. The fourth-order valence-electron chi connectivity index (χ4n) is 2.30. The highest BCUT2D eigenvalue weighted by Gasteiger charge is 2.09. The number of phenolic OH excluding ortho intramolecular Hbond substituents is 1. The Balaban J connectivity index is 1.88.